The number of anilines is 2. The quantitative estimate of drug-likeness (QED) is 0.370. The van der Waals surface area contributed by atoms with Crippen molar-refractivity contribution >= 4 is 51.7 Å². The smallest absolute Gasteiger partial charge is 0.303 e. The summed E-state index contributed by atoms with van der Waals surface area (Å²) >= 11 is 6.10. The normalized spacial score (nSPS) is 10.8. The Bertz CT molecular complexity index is 1360. The summed E-state index contributed by atoms with van der Waals surface area (Å²) in [6.45, 7) is 0.851. The molecule has 0 saturated carbocycles. The van der Waals surface area contributed by atoms with Crippen molar-refractivity contribution in [2.24, 2.45) is 7.05 Å². The summed E-state index contributed by atoms with van der Waals surface area (Å²) in [5.41, 5.74) is 2.64. The first-order valence-corrected chi connectivity index (χ1v) is 10.1. The molecule has 0 radical (unpaired) electrons. The molecule has 0 aliphatic carbocycles. The zero-order chi connectivity index (χ0) is 23.5. The van der Waals surface area contributed by atoms with E-state index in [0.29, 0.717) is 33.5 Å². The van der Waals surface area contributed by atoms with E-state index < -0.39 is 11.9 Å². The van der Waals surface area contributed by atoms with Gasteiger partial charge in [-0.1, -0.05) is 17.7 Å². The molecule has 4 aromatic rings. The summed E-state index contributed by atoms with van der Waals surface area (Å²) in [7, 11) is 1.74. The first-order valence-electron chi connectivity index (χ1n) is 9.69. The summed E-state index contributed by atoms with van der Waals surface area (Å²) in [4.78, 5) is 35.9. The number of rotatable bonds is 6. The molecule has 0 saturated heterocycles. The van der Waals surface area contributed by atoms with Crippen molar-refractivity contribution in [3.63, 3.8) is 0 Å². The Kier molecular flexibility index (Phi) is 6.05. The van der Waals surface area contributed by atoms with Gasteiger partial charge in [0.15, 0.2) is 12.4 Å². The molecule has 0 aliphatic heterocycles. The van der Waals surface area contributed by atoms with Crippen LogP contribution in [-0.4, -0.2) is 49.6 Å². The Labute approximate surface area is 192 Å². The number of amides is 2. The number of halogens is 1. The number of hydrogen-bond acceptors (Lipinski definition) is 7. The average Bonchev–Trinajstić information content (AvgIpc) is 3.42. The number of tetrazole rings is 1. The van der Waals surface area contributed by atoms with Crippen LogP contribution in [0.1, 0.15) is 17.4 Å². The van der Waals surface area contributed by atoms with E-state index in [0.717, 1.165) is 10.9 Å². The zero-order valence-corrected chi connectivity index (χ0v) is 18.3. The van der Waals surface area contributed by atoms with Crippen LogP contribution in [0.2, 0.25) is 5.02 Å². The number of carbonyl (C=O) groups is 3. The van der Waals surface area contributed by atoms with Gasteiger partial charge in [0, 0.05) is 35.6 Å². The highest BCUT2D eigenvalue weighted by Crippen LogP contribution is 2.29. The second kappa shape index (κ2) is 9.09. The number of hydrogen-bond donors (Lipinski definition) is 3. The van der Waals surface area contributed by atoms with Crippen LogP contribution >= 0.6 is 11.6 Å². The van der Waals surface area contributed by atoms with Gasteiger partial charge in [0.1, 0.15) is 5.69 Å². The molecule has 0 spiro atoms. The van der Waals surface area contributed by atoms with Crippen molar-refractivity contribution in [3.05, 3.63) is 53.2 Å². The topological polar surface area (TPSA) is 144 Å². The van der Waals surface area contributed by atoms with E-state index in [2.05, 4.69) is 31.3 Å². The summed E-state index contributed by atoms with van der Waals surface area (Å²) in [6.07, 6.45) is 0. The maximum atomic E-state index is 13.1. The van der Waals surface area contributed by atoms with E-state index in [9.17, 15) is 14.4 Å². The molecule has 3 N–H and O–H groups in total. The van der Waals surface area contributed by atoms with Crippen LogP contribution in [0, 0.1) is 0 Å². The Morgan fingerprint density at radius 1 is 1.12 bits per heavy atom. The number of carbonyl (C=O) groups excluding carboxylic acids is 3. The predicted molar refractivity (Wildman–Crippen MR) is 121 cm³/mol. The van der Waals surface area contributed by atoms with Gasteiger partial charge in [-0.3, -0.25) is 14.4 Å². The highest BCUT2D eigenvalue weighted by atomic mass is 35.5. The van der Waals surface area contributed by atoms with E-state index in [-0.39, 0.29) is 12.5 Å². The molecule has 2 amide bonds. The van der Waals surface area contributed by atoms with E-state index in [1.54, 1.807) is 54.1 Å². The number of aryl methyl sites for hydroxylation is 1. The van der Waals surface area contributed by atoms with Crippen LogP contribution < -0.4 is 10.6 Å². The zero-order valence-electron chi connectivity index (χ0n) is 17.5. The van der Waals surface area contributed by atoms with Crippen molar-refractivity contribution in [2.75, 3.05) is 17.2 Å². The van der Waals surface area contributed by atoms with Gasteiger partial charge in [-0.15, -0.1) is 5.10 Å². The predicted octanol–water partition coefficient (Wildman–Crippen LogP) is 2.77. The maximum Gasteiger partial charge on any atom is 0.303 e. The molecular formula is C21H18ClN7O4. The number of aromatic amines is 1. The molecular weight excluding hydrogens is 450 g/mol. The molecule has 4 rings (SSSR count). The van der Waals surface area contributed by atoms with Crippen molar-refractivity contribution in [3.8, 4) is 11.4 Å². The van der Waals surface area contributed by atoms with Gasteiger partial charge >= 0.3 is 5.97 Å². The van der Waals surface area contributed by atoms with Gasteiger partial charge < -0.3 is 19.9 Å². The number of esters is 1. The van der Waals surface area contributed by atoms with Crippen LogP contribution in [0.25, 0.3) is 22.3 Å². The third kappa shape index (κ3) is 4.83. The van der Waals surface area contributed by atoms with Gasteiger partial charge in [-0.25, -0.2) is 5.10 Å². The summed E-state index contributed by atoms with van der Waals surface area (Å²) in [5, 5.41) is 20.5. The molecule has 33 heavy (non-hydrogen) atoms. The highest BCUT2D eigenvalue weighted by molar-refractivity contribution is 6.31. The molecule has 0 aliphatic rings. The SMILES string of the molecule is CC(=O)OCC(=O)Nc1ccc2cc(C(=O)Nc3ccc(Cl)cc3-c3nnn[nH]3)n(C)c2c1. The summed E-state index contributed by atoms with van der Waals surface area (Å²) < 4.78 is 6.40. The molecule has 2 heterocycles. The number of ether oxygens (including phenoxy) is 1. The Morgan fingerprint density at radius 2 is 1.94 bits per heavy atom. The first kappa shape index (κ1) is 22.0. The number of H-pyrrole nitrogens is 1. The molecule has 0 atom stereocenters. The monoisotopic (exact) mass is 467 g/mol. The summed E-state index contributed by atoms with van der Waals surface area (Å²) in [6, 6.07) is 11.9. The molecule has 0 fully saturated rings. The lowest BCUT2D eigenvalue weighted by Crippen LogP contribution is -2.19. The molecule has 2 aromatic heterocycles. The minimum atomic E-state index is -0.540. The Hall–Kier alpha value is -4.25. The van der Waals surface area contributed by atoms with E-state index in [1.165, 1.54) is 6.92 Å². The van der Waals surface area contributed by atoms with Crippen molar-refractivity contribution in [1.82, 2.24) is 25.2 Å². The van der Waals surface area contributed by atoms with E-state index in [4.69, 9.17) is 16.3 Å². The molecule has 12 heteroatoms. The van der Waals surface area contributed by atoms with Gasteiger partial charge in [0.2, 0.25) is 0 Å². The molecule has 11 nitrogen and oxygen atoms in total. The number of nitrogens with zero attached hydrogens (tertiary/aromatic N) is 4. The Morgan fingerprint density at radius 3 is 2.67 bits per heavy atom. The highest BCUT2D eigenvalue weighted by Gasteiger charge is 2.17. The van der Waals surface area contributed by atoms with Gasteiger partial charge in [0.25, 0.3) is 11.8 Å². The van der Waals surface area contributed by atoms with Gasteiger partial charge in [0.05, 0.1) is 11.2 Å². The van der Waals surface area contributed by atoms with Crippen LogP contribution in [-0.2, 0) is 21.4 Å². The van der Waals surface area contributed by atoms with Crippen molar-refractivity contribution in [1.29, 1.82) is 0 Å². The standard InChI is InChI=1S/C21H18ClN7O4/c1-11(30)33-10-19(31)23-14-5-3-12-7-18(29(2)17(12)9-14)21(32)24-16-6-4-13(22)8-15(16)20-25-27-28-26-20/h3-9H,10H2,1-2H3,(H,23,31)(H,24,32)(H,25,26,27,28). The first-order chi connectivity index (χ1) is 15.8. The van der Waals surface area contributed by atoms with E-state index in [1.807, 2.05) is 0 Å². The summed E-state index contributed by atoms with van der Waals surface area (Å²) in [5.74, 6) is -1.000. The van der Waals surface area contributed by atoms with Crippen LogP contribution in [0.4, 0.5) is 11.4 Å². The largest absolute Gasteiger partial charge is 0.456 e. The van der Waals surface area contributed by atoms with Crippen LogP contribution in [0.15, 0.2) is 42.5 Å². The number of fused-ring (bicyclic) bond motifs is 1. The lowest BCUT2D eigenvalue weighted by atomic mass is 10.1. The molecule has 0 unspecified atom stereocenters. The van der Waals surface area contributed by atoms with Crippen LogP contribution in [0.3, 0.4) is 0 Å². The molecule has 2 aromatic carbocycles. The third-order valence-corrected chi connectivity index (χ3v) is 5.03. The Balaban J connectivity index is 1.58. The third-order valence-electron chi connectivity index (χ3n) is 4.80. The second-order valence-corrected chi connectivity index (χ2v) is 7.52. The van der Waals surface area contributed by atoms with E-state index >= 15 is 0 Å². The fraction of sp³-hybridized carbons (Fsp3) is 0.143. The van der Waals surface area contributed by atoms with Crippen molar-refractivity contribution in [2.45, 2.75) is 6.92 Å². The molecule has 168 valence electrons. The number of benzene rings is 2. The lowest BCUT2D eigenvalue weighted by Gasteiger charge is -2.10. The minimum absolute atomic E-state index is 0.356. The maximum absolute atomic E-state index is 13.1. The lowest BCUT2D eigenvalue weighted by molar-refractivity contribution is -0.144. The van der Waals surface area contributed by atoms with Crippen LogP contribution in [0.5, 0.6) is 0 Å². The van der Waals surface area contributed by atoms with Crippen molar-refractivity contribution < 1.29 is 19.1 Å². The minimum Gasteiger partial charge on any atom is -0.456 e. The fourth-order valence-electron chi connectivity index (χ4n) is 3.27. The number of aromatic nitrogens is 5. The fourth-order valence-corrected chi connectivity index (χ4v) is 3.44. The number of nitrogens with one attached hydrogen (secondary N) is 3. The van der Waals surface area contributed by atoms with Gasteiger partial charge in [-0.05, 0) is 46.8 Å². The van der Waals surface area contributed by atoms with Gasteiger partial charge in [-0.2, -0.15) is 0 Å². The molecule has 0 bridgehead atoms. The average molecular weight is 468 g/mol. The second-order valence-electron chi connectivity index (χ2n) is 7.08.